The van der Waals surface area contributed by atoms with Crippen LogP contribution >= 0.6 is 7.60 Å². The normalized spacial score (nSPS) is 17.1. The lowest BCUT2D eigenvalue weighted by molar-refractivity contribution is 0.282. The molecule has 0 bridgehead atoms. The van der Waals surface area contributed by atoms with E-state index < -0.39 is 7.60 Å². The standard InChI is InChI=1S/C14H19N2O3P/c1-4-15-14-12-8-6-5-7-11(12)9-10-13(16-14)20(17,18-2)19-3/h5-8,10H,4,9H2,1-3H3,(H,15,16). The zero-order chi connectivity index (χ0) is 14.6. The number of allylic oxidation sites excluding steroid dienone is 1. The third-order valence-electron chi connectivity index (χ3n) is 3.13. The summed E-state index contributed by atoms with van der Waals surface area (Å²) in [4.78, 5) is 4.45. The Labute approximate surface area is 119 Å². The molecule has 1 aliphatic rings. The monoisotopic (exact) mass is 294 g/mol. The zero-order valence-corrected chi connectivity index (χ0v) is 12.8. The summed E-state index contributed by atoms with van der Waals surface area (Å²) >= 11 is 0. The number of rotatable bonds is 4. The molecule has 1 aliphatic heterocycles. The van der Waals surface area contributed by atoms with E-state index in [9.17, 15) is 4.57 Å². The Balaban J connectivity index is 2.47. The van der Waals surface area contributed by atoms with E-state index in [0.717, 1.165) is 11.1 Å². The smallest absolute Gasteiger partial charge is 0.334 e. The van der Waals surface area contributed by atoms with Crippen LogP contribution in [-0.2, 0) is 20.0 Å². The molecule has 20 heavy (non-hydrogen) atoms. The summed E-state index contributed by atoms with van der Waals surface area (Å²) in [6.45, 7) is 2.59. The highest BCUT2D eigenvalue weighted by atomic mass is 31.2. The average molecular weight is 294 g/mol. The number of fused-ring (bicyclic) bond motifs is 1. The summed E-state index contributed by atoms with van der Waals surface area (Å²) in [7, 11) is -0.552. The van der Waals surface area contributed by atoms with Crippen LogP contribution in [0.4, 0.5) is 0 Å². The van der Waals surface area contributed by atoms with Gasteiger partial charge in [-0.25, -0.2) is 0 Å². The van der Waals surface area contributed by atoms with Gasteiger partial charge in [-0.05, 0) is 25.0 Å². The second kappa shape index (κ2) is 6.35. The lowest BCUT2D eigenvalue weighted by Gasteiger charge is -2.18. The predicted octanol–water partition coefficient (Wildman–Crippen LogP) is 2.93. The molecule has 0 saturated carbocycles. The van der Waals surface area contributed by atoms with E-state index in [1.807, 2.05) is 37.3 Å². The lowest BCUT2D eigenvalue weighted by Crippen LogP contribution is -2.24. The third kappa shape index (κ3) is 2.85. The fraction of sp³-hybridized carbons (Fsp3) is 0.357. The Bertz CT molecular complexity index is 588. The van der Waals surface area contributed by atoms with Gasteiger partial charge in [-0.15, -0.1) is 0 Å². The summed E-state index contributed by atoms with van der Waals surface area (Å²) < 4.78 is 22.6. The Hall–Kier alpha value is -1.42. The van der Waals surface area contributed by atoms with E-state index in [4.69, 9.17) is 9.05 Å². The largest absolute Gasteiger partial charge is 0.376 e. The molecule has 1 heterocycles. The maximum atomic E-state index is 12.5. The summed E-state index contributed by atoms with van der Waals surface area (Å²) in [6.07, 6.45) is 2.49. The van der Waals surface area contributed by atoms with Crippen LogP contribution in [-0.4, -0.2) is 26.6 Å². The second-order valence-corrected chi connectivity index (χ2v) is 6.47. The van der Waals surface area contributed by atoms with Crippen molar-refractivity contribution in [2.45, 2.75) is 13.3 Å². The van der Waals surface area contributed by atoms with Crippen LogP contribution in [0.5, 0.6) is 0 Å². The molecule has 1 aromatic rings. The van der Waals surface area contributed by atoms with E-state index in [1.165, 1.54) is 14.2 Å². The summed E-state index contributed by atoms with van der Waals surface area (Å²) in [5.41, 5.74) is 2.58. The van der Waals surface area contributed by atoms with Gasteiger partial charge in [-0.2, -0.15) is 0 Å². The van der Waals surface area contributed by atoms with Crippen LogP contribution in [0.25, 0.3) is 0 Å². The van der Waals surface area contributed by atoms with Gasteiger partial charge < -0.3 is 14.4 Å². The highest BCUT2D eigenvalue weighted by Crippen LogP contribution is 2.53. The van der Waals surface area contributed by atoms with Gasteiger partial charge >= 0.3 is 7.60 Å². The van der Waals surface area contributed by atoms with Crippen molar-refractivity contribution in [3.05, 3.63) is 46.9 Å². The zero-order valence-electron chi connectivity index (χ0n) is 11.9. The molecule has 0 fully saturated rings. The van der Waals surface area contributed by atoms with Gasteiger partial charge in [-0.1, -0.05) is 24.3 Å². The van der Waals surface area contributed by atoms with E-state index in [1.54, 1.807) is 0 Å². The van der Waals surface area contributed by atoms with Crippen molar-refractivity contribution in [1.29, 1.82) is 0 Å². The lowest BCUT2D eigenvalue weighted by atomic mass is 10.0. The van der Waals surface area contributed by atoms with Crippen molar-refractivity contribution < 1.29 is 13.6 Å². The van der Waals surface area contributed by atoms with E-state index >= 15 is 0 Å². The molecular weight excluding hydrogens is 275 g/mol. The average Bonchev–Trinajstić information content (AvgIpc) is 2.67. The van der Waals surface area contributed by atoms with Crippen molar-refractivity contribution in [3.8, 4) is 0 Å². The number of nitrogens with one attached hydrogen (secondary N) is 1. The van der Waals surface area contributed by atoms with Crippen LogP contribution in [0.3, 0.4) is 0 Å². The molecule has 0 aliphatic carbocycles. The SMILES string of the molecule is CCN=C1NC(P(=O)(OC)OC)=CCc2ccccc21. The molecule has 0 amide bonds. The Morgan fingerprint density at radius 3 is 2.65 bits per heavy atom. The van der Waals surface area contributed by atoms with Gasteiger partial charge in [0.15, 0.2) is 0 Å². The molecular formula is C14H19N2O3P. The number of hydrogen-bond donors (Lipinski definition) is 1. The van der Waals surface area contributed by atoms with Gasteiger partial charge in [0.05, 0.1) is 0 Å². The van der Waals surface area contributed by atoms with Crippen molar-refractivity contribution in [1.82, 2.24) is 5.32 Å². The van der Waals surface area contributed by atoms with Crippen LogP contribution in [0.1, 0.15) is 18.1 Å². The third-order valence-corrected chi connectivity index (χ3v) is 4.97. The Morgan fingerprint density at radius 1 is 1.30 bits per heavy atom. The molecule has 5 nitrogen and oxygen atoms in total. The summed E-state index contributed by atoms with van der Waals surface area (Å²) in [5.74, 6) is 0.696. The minimum absolute atomic E-state index is 0.436. The van der Waals surface area contributed by atoms with Gasteiger partial charge in [0, 0.05) is 26.3 Å². The van der Waals surface area contributed by atoms with E-state index in [2.05, 4.69) is 10.3 Å². The number of hydrogen-bond acceptors (Lipinski definition) is 4. The summed E-state index contributed by atoms with van der Waals surface area (Å²) in [5, 5.41) is 3.11. The number of aliphatic imine (C=N–C) groups is 1. The molecule has 6 heteroatoms. The predicted molar refractivity (Wildman–Crippen MR) is 80.1 cm³/mol. The van der Waals surface area contributed by atoms with E-state index in [0.29, 0.717) is 24.2 Å². The molecule has 108 valence electrons. The van der Waals surface area contributed by atoms with Gasteiger partial charge in [0.2, 0.25) is 0 Å². The fourth-order valence-corrected chi connectivity index (χ4v) is 3.21. The number of nitrogens with zero attached hydrogens (tertiary/aromatic N) is 1. The topological polar surface area (TPSA) is 59.9 Å². The van der Waals surface area contributed by atoms with Gasteiger partial charge in [-0.3, -0.25) is 9.56 Å². The Kier molecular flexibility index (Phi) is 4.76. The maximum Gasteiger partial charge on any atom is 0.376 e. The fourth-order valence-electron chi connectivity index (χ4n) is 2.11. The minimum Gasteiger partial charge on any atom is -0.334 e. The molecule has 1 aromatic carbocycles. The highest BCUT2D eigenvalue weighted by molar-refractivity contribution is 7.58. The molecule has 0 aromatic heterocycles. The summed E-state index contributed by atoms with van der Waals surface area (Å²) in [6, 6.07) is 7.97. The quantitative estimate of drug-likeness (QED) is 0.867. The maximum absolute atomic E-state index is 12.5. The van der Waals surface area contributed by atoms with Crippen LogP contribution < -0.4 is 5.32 Å². The molecule has 0 atom stereocenters. The van der Waals surface area contributed by atoms with Crippen molar-refractivity contribution in [2.75, 3.05) is 20.8 Å². The first-order valence-corrected chi connectivity index (χ1v) is 8.01. The van der Waals surface area contributed by atoms with Gasteiger partial charge in [0.25, 0.3) is 0 Å². The molecule has 0 radical (unpaired) electrons. The van der Waals surface area contributed by atoms with Crippen molar-refractivity contribution in [2.24, 2.45) is 4.99 Å². The van der Waals surface area contributed by atoms with Crippen LogP contribution in [0.2, 0.25) is 0 Å². The van der Waals surface area contributed by atoms with Crippen LogP contribution in [0.15, 0.2) is 40.8 Å². The molecule has 0 unspecified atom stereocenters. The van der Waals surface area contributed by atoms with Gasteiger partial charge in [0.1, 0.15) is 11.3 Å². The number of benzene rings is 1. The number of amidine groups is 1. The Morgan fingerprint density at radius 2 is 2.00 bits per heavy atom. The first-order valence-electron chi connectivity index (χ1n) is 6.46. The first kappa shape index (κ1) is 15.0. The van der Waals surface area contributed by atoms with E-state index in [-0.39, 0.29) is 0 Å². The first-order chi connectivity index (χ1) is 9.64. The molecule has 1 N–H and O–H groups in total. The highest BCUT2D eigenvalue weighted by Gasteiger charge is 2.30. The molecule has 2 rings (SSSR count). The van der Waals surface area contributed by atoms with Crippen LogP contribution in [0, 0.1) is 0 Å². The second-order valence-electron chi connectivity index (χ2n) is 4.26. The van der Waals surface area contributed by atoms with Crippen molar-refractivity contribution >= 4 is 13.4 Å². The minimum atomic E-state index is -3.30. The molecule has 0 spiro atoms. The van der Waals surface area contributed by atoms with Crippen molar-refractivity contribution in [3.63, 3.8) is 0 Å². The molecule has 0 saturated heterocycles.